The van der Waals surface area contributed by atoms with Crippen molar-refractivity contribution >= 4 is 40.5 Å². The smallest absolute Gasteiger partial charge is 0.255 e. The van der Waals surface area contributed by atoms with Gasteiger partial charge >= 0.3 is 0 Å². The van der Waals surface area contributed by atoms with Gasteiger partial charge in [0.1, 0.15) is 5.15 Å². The Labute approximate surface area is 120 Å². The van der Waals surface area contributed by atoms with Crippen LogP contribution in [0.25, 0.3) is 0 Å². The molecule has 0 atom stereocenters. The number of carbonyl (C=O) groups excluding carboxylic acids is 1. The van der Waals surface area contributed by atoms with Crippen molar-refractivity contribution in [3.63, 3.8) is 0 Å². The minimum Gasteiger partial charge on any atom is -0.399 e. The van der Waals surface area contributed by atoms with E-state index in [0.29, 0.717) is 27.1 Å². The number of nitrogen functional groups attached to an aromatic ring is 1. The summed E-state index contributed by atoms with van der Waals surface area (Å²) in [6, 6.07) is 6.41. The number of aromatic nitrogens is 1. The van der Waals surface area contributed by atoms with E-state index in [1.165, 1.54) is 6.20 Å². The summed E-state index contributed by atoms with van der Waals surface area (Å²) in [5, 5.41) is 3.53. The summed E-state index contributed by atoms with van der Waals surface area (Å²) in [5.41, 5.74) is 7.80. The molecule has 2 aromatic rings. The van der Waals surface area contributed by atoms with Crippen LogP contribution in [0.3, 0.4) is 0 Å². The first-order valence-corrected chi connectivity index (χ1v) is 6.21. The molecule has 0 spiro atoms. The molecule has 0 aliphatic rings. The number of halogens is 2. The Morgan fingerprint density at radius 2 is 2.00 bits per heavy atom. The molecule has 1 aromatic carbocycles. The summed E-state index contributed by atoms with van der Waals surface area (Å²) in [6.07, 6.45) is 1.49. The van der Waals surface area contributed by atoms with Crippen LogP contribution in [0.2, 0.25) is 10.2 Å². The maximum atomic E-state index is 12.0. The van der Waals surface area contributed by atoms with E-state index >= 15 is 0 Å². The van der Waals surface area contributed by atoms with Crippen molar-refractivity contribution in [2.45, 2.75) is 6.92 Å². The number of nitrogens with one attached hydrogen (secondary N) is 1. The van der Waals surface area contributed by atoms with Crippen LogP contribution in [-0.4, -0.2) is 10.9 Å². The predicted octanol–water partition coefficient (Wildman–Crippen LogP) is 3.53. The molecule has 1 aromatic heterocycles. The number of aryl methyl sites for hydroxylation is 1. The molecule has 0 saturated heterocycles. The van der Waals surface area contributed by atoms with Crippen LogP contribution in [0.15, 0.2) is 30.5 Å². The maximum absolute atomic E-state index is 12.0. The van der Waals surface area contributed by atoms with Crippen LogP contribution >= 0.6 is 23.2 Å². The summed E-state index contributed by atoms with van der Waals surface area (Å²) in [6.45, 7) is 1.81. The average molecular weight is 296 g/mol. The van der Waals surface area contributed by atoms with Crippen molar-refractivity contribution in [1.82, 2.24) is 4.98 Å². The molecule has 0 aliphatic heterocycles. The van der Waals surface area contributed by atoms with Gasteiger partial charge in [0.05, 0.1) is 11.9 Å². The van der Waals surface area contributed by atoms with Crippen LogP contribution < -0.4 is 11.1 Å². The van der Waals surface area contributed by atoms with E-state index in [-0.39, 0.29) is 5.91 Å². The fourth-order valence-corrected chi connectivity index (χ4v) is 1.92. The Hall–Kier alpha value is -1.78. The minimum absolute atomic E-state index is 0.308. The van der Waals surface area contributed by atoms with Crippen LogP contribution in [0.5, 0.6) is 0 Å². The Kier molecular flexibility index (Phi) is 3.93. The molecule has 98 valence electrons. The van der Waals surface area contributed by atoms with Gasteiger partial charge in [0.15, 0.2) is 0 Å². The molecule has 0 bridgehead atoms. The molecule has 0 unspecified atom stereocenters. The number of amides is 1. The normalized spacial score (nSPS) is 10.3. The number of hydrogen-bond donors (Lipinski definition) is 2. The lowest BCUT2D eigenvalue weighted by Gasteiger charge is -2.07. The lowest BCUT2D eigenvalue weighted by Crippen LogP contribution is -2.12. The van der Waals surface area contributed by atoms with Crippen molar-refractivity contribution in [3.05, 3.63) is 51.8 Å². The Morgan fingerprint density at radius 1 is 1.26 bits per heavy atom. The standard InChI is InChI=1S/C13H11Cl2N3O/c1-7-2-11(6-17-12(7)15)18-13(19)8-3-9(14)5-10(16)4-8/h2-6H,16H2,1H3,(H,18,19). The largest absolute Gasteiger partial charge is 0.399 e. The number of hydrogen-bond acceptors (Lipinski definition) is 3. The van der Waals surface area contributed by atoms with Gasteiger partial charge in [-0.05, 0) is 36.8 Å². The molecule has 0 aliphatic carbocycles. The Morgan fingerprint density at radius 3 is 2.63 bits per heavy atom. The minimum atomic E-state index is -0.308. The van der Waals surface area contributed by atoms with E-state index in [1.54, 1.807) is 24.3 Å². The number of nitrogens with two attached hydrogens (primary N) is 1. The number of benzene rings is 1. The summed E-state index contributed by atoms with van der Waals surface area (Å²) in [7, 11) is 0. The lowest BCUT2D eigenvalue weighted by molar-refractivity contribution is 0.102. The van der Waals surface area contributed by atoms with Crippen molar-refractivity contribution < 1.29 is 4.79 Å². The lowest BCUT2D eigenvalue weighted by atomic mass is 10.2. The zero-order valence-electron chi connectivity index (χ0n) is 10.1. The summed E-state index contributed by atoms with van der Waals surface area (Å²) in [4.78, 5) is 16.0. The Bertz CT molecular complexity index is 624. The van der Waals surface area contributed by atoms with E-state index in [1.807, 2.05) is 6.92 Å². The van der Waals surface area contributed by atoms with Gasteiger partial charge in [0.25, 0.3) is 5.91 Å². The molecular formula is C13H11Cl2N3O. The first-order chi connectivity index (χ1) is 8.95. The molecule has 4 nitrogen and oxygen atoms in total. The highest BCUT2D eigenvalue weighted by Gasteiger charge is 2.09. The van der Waals surface area contributed by atoms with Crippen LogP contribution in [0, 0.1) is 6.92 Å². The second-order valence-electron chi connectivity index (χ2n) is 4.06. The van der Waals surface area contributed by atoms with Gasteiger partial charge in [0.2, 0.25) is 0 Å². The first kappa shape index (κ1) is 13.6. The molecule has 6 heteroatoms. The van der Waals surface area contributed by atoms with Crippen LogP contribution in [0.4, 0.5) is 11.4 Å². The number of pyridine rings is 1. The van der Waals surface area contributed by atoms with E-state index < -0.39 is 0 Å². The Balaban J connectivity index is 2.22. The fraction of sp³-hybridized carbons (Fsp3) is 0.0769. The predicted molar refractivity (Wildman–Crippen MR) is 77.8 cm³/mol. The second-order valence-corrected chi connectivity index (χ2v) is 4.85. The molecule has 1 amide bonds. The van der Waals surface area contributed by atoms with Gasteiger partial charge in [-0.25, -0.2) is 4.98 Å². The van der Waals surface area contributed by atoms with E-state index in [9.17, 15) is 4.79 Å². The maximum Gasteiger partial charge on any atom is 0.255 e. The van der Waals surface area contributed by atoms with Crippen molar-refractivity contribution in [3.8, 4) is 0 Å². The fourth-order valence-electron chi connectivity index (χ4n) is 1.57. The highest BCUT2D eigenvalue weighted by molar-refractivity contribution is 6.31. The van der Waals surface area contributed by atoms with Gasteiger partial charge < -0.3 is 11.1 Å². The third-order valence-corrected chi connectivity index (χ3v) is 3.07. The van der Waals surface area contributed by atoms with E-state index in [4.69, 9.17) is 28.9 Å². The summed E-state index contributed by atoms with van der Waals surface area (Å²) in [5.74, 6) is -0.308. The van der Waals surface area contributed by atoms with Gasteiger partial charge in [-0.3, -0.25) is 4.79 Å². The number of anilines is 2. The molecule has 19 heavy (non-hydrogen) atoms. The SMILES string of the molecule is Cc1cc(NC(=O)c2cc(N)cc(Cl)c2)cnc1Cl. The van der Waals surface area contributed by atoms with Crippen LogP contribution in [0.1, 0.15) is 15.9 Å². The topological polar surface area (TPSA) is 68.0 Å². The zero-order chi connectivity index (χ0) is 14.0. The van der Waals surface area contributed by atoms with Crippen molar-refractivity contribution in [2.24, 2.45) is 0 Å². The average Bonchev–Trinajstić information content (AvgIpc) is 2.32. The van der Waals surface area contributed by atoms with Crippen molar-refractivity contribution in [1.29, 1.82) is 0 Å². The van der Waals surface area contributed by atoms with Crippen molar-refractivity contribution in [2.75, 3.05) is 11.1 Å². The number of rotatable bonds is 2. The first-order valence-electron chi connectivity index (χ1n) is 5.45. The molecule has 0 radical (unpaired) electrons. The monoisotopic (exact) mass is 295 g/mol. The molecule has 0 fully saturated rings. The van der Waals surface area contributed by atoms with E-state index in [2.05, 4.69) is 10.3 Å². The molecule has 2 rings (SSSR count). The number of carbonyl (C=O) groups is 1. The molecule has 3 N–H and O–H groups in total. The van der Waals surface area contributed by atoms with Gasteiger partial charge in [-0.15, -0.1) is 0 Å². The summed E-state index contributed by atoms with van der Waals surface area (Å²) < 4.78 is 0. The molecular weight excluding hydrogens is 285 g/mol. The third kappa shape index (κ3) is 3.36. The van der Waals surface area contributed by atoms with Gasteiger partial charge in [-0.1, -0.05) is 23.2 Å². The zero-order valence-corrected chi connectivity index (χ0v) is 11.6. The third-order valence-electron chi connectivity index (χ3n) is 2.45. The van der Waals surface area contributed by atoms with Crippen LogP contribution in [-0.2, 0) is 0 Å². The second kappa shape index (κ2) is 5.47. The van der Waals surface area contributed by atoms with Gasteiger partial charge in [-0.2, -0.15) is 0 Å². The van der Waals surface area contributed by atoms with E-state index in [0.717, 1.165) is 5.56 Å². The molecule has 0 saturated carbocycles. The highest BCUT2D eigenvalue weighted by Crippen LogP contribution is 2.19. The number of nitrogens with zero attached hydrogens (tertiary/aromatic N) is 1. The summed E-state index contributed by atoms with van der Waals surface area (Å²) >= 11 is 11.7. The quantitative estimate of drug-likeness (QED) is 0.658. The van der Waals surface area contributed by atoms with Gasteiger partial charge in [0, 0.05) is 16.3 Å². The molecule has 1 heterocycles. The highest BCUT2D eigenvalue weighted by atomic mass is 35.5.